The van der Waals surface area contributed by atoms with Gasteiger partial charge in [-0.15, -0.1) is 24.8 Å². The summed E-state index contributed by atoms with van der Waals surface area (Å²) in [6.45, 7) is 2.00. The number of benzene rings is 1. The van der Waals surface area contributed by atoms with Gasteiger partial charge in [-0.1, -0.05) is 18.2 Å². The van der Waals surface area contributed by atoms with Crippen molar-refractivity contribution in [2.45, 2.75) is 19.3 Å². The van der Waals surface area contributed by atoms with Crippen LogP contribution < -0.4 is 16.0 Å². The maximum absolute atomic E-state index is 12.5. The minimum atomic E-state index is -0.208. The van der Waals surface area contributed by atoms with Crippen LogP contribution in [0.2, 0.25) is 0 Å². The third-order valence-corrected chi connectivity index (χ3v) is 5.41. The highest BCUT2D eigenvalue weighted by Crippen LogP contribution is 2.58. The SMILES string of the molecule is Cl.Cl.O=C(Nc1ccc(NC(=O)C2CC23CCNCC3)cn1)c1ccccc1. The second kappa shape index (κ2) is 9.37. The predicted molar refractivity (Wildman–Crippen MR) is 114 cm³/mol. The van der Waals surface area contributed by atoms with Crippen LogP contribution in [0.25, 0.3) is 0 Å². The molecule has 2 fully saturated rings. The highest BCUT2D eigenvalue weighted by molar-refractivity contribution is 6.03. The smallest absolute Gasteiger partial charge is 0.256 e. The van der Waals surface area contributed by atoms with Crippen molar-refractivity contribution >= 4 is 48.1 Å². The molecule has 1 saturated heterocycles. The lowest BCUT2D eigenvalue weighted by atomic mass is 9.92. The average molecular weight is 423 g/mol. The normalized spacial score (nSPS) is 18.9. The Labute approximate surface area is 176 Å². The van der Waals surface area contributed by atoms with E-state index < -0.39 is 0 Å². The number of carbonyl (C=O) groups is 2. The van der Waals surface area contributed by atoms with Gasteiger partial charge in [0.15, 0.2) is 0 Å². The lowest BCUT2D eigenvalue weighted by Crippen LogP contribution is -2.31. The van der Waals surface area contributed by atoms with E-state index in [1.54, 1.807) is 30.5 Å². The molecule has 0 bridgehead atoms. The first-order valence-electron chi connectivity index (χ1n) is 9.00. The molecule has 1 atom stereocenters. The fraction of sp³-hybridized carbons (Fsp3) is 0.350. The van der Waals surface area contributed by atoms with E-state index in [9.17, 15) is 9.59 Å². The summed E-state index contributed by atoms with van der Waals surface area (Å²) in [6.07, 6.45) is 4.72. The van der Waals surface area contributed by atoms with Gasteiger partial charge in [-0.05, 0) is 62.0 Å². The topological polar surface area (TPSA) is 83.1 Å². The van der Waals surface area contributed by atoms with Gasteiger partial charge in [-0.2, -0.15) is 0 Å². The number of nitrogens with one attached hydrogen (secondary N) is 3. The minimum Gasteiger partial charge on any atom is -0.324 e. The fourth-order valence-electron chi connectivity index (χ4n) is 3.74. The number of nitrogens with zero attached hydrogens (tertiary/aromatic N) is 1. The lowest BCUT2D eigenvalue weighted by Gasteiger charge is -2.23. The largest absolute Gasteiger partial charge is 0.324 e. The molecule has 0 radical (unpaired) electrons. The Bertz CT molecular complexity index is 809. The van der Waals surface area contributed by atoms with E-state index >= 15 is 0 Å². The Morgan fingerprint density at radius 3 is 2.36 bits per heavy atom. The molecule has 150 valence electrons. The van der Waals surface area contributed by atoms with Crippen molar-refractivity contribution in [2.75, 3.05) is 23.7 Å². The second-order valence-electron chi connectivity index (χ2n) is 7.11. The zero-order chi connectivity index (χ0) is 18.0. The van der Waals surface area contributed by atoms with E-state index in [0.29, 0.717) is 17.1 Å². The number of rotatable bonds is 4. The molecule has 4 rings (SSSR count). The molecule has 3 N–H and O–H groups in total. The van der Waals surface area contributed by atoms with Gasteiger partial charge in [0.2, 0.25) is 5.91 Å². The number of aromatic nitrogens is 1. The van der Waals surface area contributed by atoms with Crippen molar-refractivity contribution in [3.05, 3.63) is 54.2 Å². The summed E-state index contributed by atoms with van der Waals surface area (Å²) in [5.41, 5.74) is 1.45. The Hall–Kier alpha value is -2.15. The van der Waals surface area contributed by atoms with Gasteiger partial charge in [0.25, 0.3) is 5.91 Å². The number of hydrogen-bond acceptors (Lipinski definition) is 4. The van der Waals surface area contributed by atoms with Crippen LogP contribution in [0.4, 0.5) is 11.5 Å². The first kappa shape index (κ1) is 22.1. The molecule has 1 aliphatic carbocycles. The Morgan fingerprint density at radius 1 is 1.00 bits per heavy atom. The van der Waals surface area contributed by atoms with Crippen LogP contribution in [0.5, 0.6) is 0 Å². The minimum absolute atomic E-state index is 0. The Kier molecular flexibility index (Phi) is 7.41. The molecule has 2 heterocycles. The molecule has 1 aromatic heterocycles. The van der Waals surface area contributed by atoms with Crippen LogP contribution in [0.1, 0.15) is 29.6 Å². The van der Waals surface area contributed by atoms with Gasteiger partial charge in [-0.3, -0.25) is 9.59 Å². The van der Waals surface area contributed by atoms with Gasteiger partial charge in [0.1, 0.15) is 5.82 Å². The van der Waals surface area contributed by atoms with E-state index in [1.165, 1.54) is 0 Å². The van der Waals surface area contributed by atoms with Crippen LogP contribution in [0.3, 0.4) is 0 Å². The number of anilines is 2. The average Bonchev–Trinajstić information content (AvgIpc) is 3.37. The molecule has 6 nitrogen and oxygen atoms in total. The number of hydrogen-bond donors (Lipinski definition) is 3. The summed E-state index contributed by atoms with van der Waals surface area (Å²) in [5, 5.41) is 9.05. The van der Waals surface area contributed by atoms with Crippen molar-refractivity contribution in [3.63, 3.8) is 0 Å². The first-order valence-corrected chi connectivity index (χ1v) is 9.00. The van der Waals surface area contributed by atoms with Crippen molar-refractivity contribution in [2.24, 2.45) is 11.3 Å². The van der Waals surface area contributed by atoms with Gasteiger partial charge in [0.05, 0.1) is 11.9 Å². The summed E-state index contributed by atoms with van der Waals surface area (Å²) < 4.78 is 0. The summed E-state index contributed by atoms with van der Waals surface area (Å²) in [5.74, 6) is 0.440. The number of amides is 2. The van der Waals surface area contributed by atoms with E-state index in [0.717, 1.165) is 32.4 Å². The third kappa shape index (κ3) is 4.82. The van der Waals surface area contributed by atoms with Crippen LogP contribution in [-0.2, 0) is 4.79 Å². The van der Waals surface area contributed by atoms with Crippen LogP contribution in [-0.4, -0.2) is 29.9 Å². The molecule has 1 spiro atoms. The molecule has 1 unspecified atom stereocenters. The third-order valence-electron chi connectivity index (χ3n) is 5.41. The Morgan fingerprint density at radius 2 is 1.71 bits per heavy atom. The molecule has 2 aromatic rings. The quantitative estimate of drug-likeness (QED) is 0.703. The molecule has 1 aromatic carbocycles. The monoisotopic (exact) mass is 422 g/mol. The van der Waals surface area contributed by atoms with E-state index in [2.05, 4.69) is 20.9 Å². The standard InChI is InChI=1S/C20H22N4O2.2ClH/c25-18(14-4-2-1-3-5-14)24-17-7-6-15(13-22-17)23-19(26)16-12-20(16)8-10-21-11-9-20;;/h1-7,13,16,21H,8-12H2,(H,23,26)(H,22,24,25);2*1H. The van der Waals surface area contributed by atoms with Crippen molar-refractivity contribution in [1.82, 2.24) is 10.3 Å². The number of halogens is 2. The summed E-state index contributed by atoms with van der Waals surface area (Å²) >= 11 is 0. The van der Waals surface area contributed by atoms with Crippen molar-refractivity contribution in [1.29, 1.82) is 0 Å². The van der Waals surface area contributed by atoms with Crippen molar-refractivity contribution in [3.8, 4) is 0 Å². The lowest BCUT2D eigenvalue weighted by molar-refractivity contribution is -0.118. The zero-order valence-electron chi connectivity index (χ0n) is 15.3. The fourth-order valence-corrected chi connectivity index (χ4v) is 3.74. The van der Waals surface area contributed by atoms with Gasteiger partial charge < -0.3 is 16.0 Å². The van der Waals surface area contributed by atoms with Crippen LogP contribution in [0.15, 0.2) is 48.7 Å². The summed E-state index contributed by atoms with van der Waals surface area (Å²) in [7, 11) is 0. The molecule has 1 saturated carbocycles. The highest BCUT2D eigenvalue weighted by atomic mass is 35.5. The van der Waals surface area contributed by atoms with Gasteiger partial charge in [0, 0.05) is 11.5 Å². The molecule has 2 aliphatic rings. The molecule has 1 aliphatic heterocycles. The van der Waals surface area contributed by atoms with E-state index in [4.69, 9.17) is 0 Å². The van der Waals surface area contributed by atoms with Gasteiger partial charge in [-0.25, -0.2) is 4.98 Å². The number of pyridine rings is 1. The van der Waals surface area contributed by atoms with E-state index in [-0.39, 0.29) is 48.0 Å². The molecule has 8 heteroatoms. The molecular weight excluding hydrogens is 399 g/mol. The maximum atomic E-state index is 12.5. The predicted octanol–water partition coefficient (Wildman–Crippen LogP) is 3.51. The Balaban J connectivity index is 0.00000140. The van der Waals surface area contributed by atoms with Gasteiger partial charge >= 0.3 is 0 Å². The summed E-state index contributed by atoms with van der Waals surface area (Å²) in [6, 6.07) is 12.4. The highest BCUT2D eigenvalue weighted by Gasteiger charge is 2.57. The van der Waals surface area contributed by atoms with Crippen LogP contribution in [0, 0.1) is 11.3 Å². The second-order valence-corrected chi connectivity index (χ2v) is 7.11. The van der Waals surface area contributed by atoms with Crippen LogP contribution >= 0.6 is 24.8 Å². The summed E-state index contributed by atoms with van der Waals surface area (Å²) in [4.78, 5) is 28.8. The number of carbonyl (C=O) groups excluding carboxylic acids is 2. The first-order chi connectivity index (χ1) is 12.7. The molecular formula is C20H24Cl2N4O2. The van der Waals surface area contributed by atoms with E-state index in [1.807, 2.05) is 18.2 Å². The van der Waals surface area contributed by atoms with Crippen molar-refractivity contribution < 1.29 is 9.59 Å². The maximum Gasteiger partial charge on any atom is 0.256 e. The zero-order valence-corrected chi connectivity index (χ0v) is 16.9. The molecule has 28 heavy (non-hydrogen) atoms. The molecule has 2 amide bonds. The number of piperidine rings is 1.